The summed E-state index contributed by atoms with van der Waals surface area (Å²) < 4.78 is 37.9. The summed E-state index contributed by atoms with van der Waals surface area (Å²) in [5.74, 6) is -0.443. The normalized spacial score (nSPS) is 11.9. The fraction of sp³-hybridized carbons (Fsp3) is 0.167. The molecule has 4 aromatic heterocycles. The minimum absolute atomic E-state index is 0.0366. The van der Waals surface area contributed by atoms with Gasteiger partial charge in [-0.05, 0) is 65.6 Å². The van der Waals surface area contributed by atoms with Crippen LogP contribution < -0.4 is 4.90 Å². The van der Waals surface area contributed by atoms with Crippen LogP contribution in [0, 0.1) is 5.82 Å². The van der Waals surface area contributed by atoms with Crippen molar-refractivity contribution in [1.82, 2.24) is 25.1 Å². The number of H-pyrrole nitrogens is 2. The Labute approximate surface area is 230 Å². The smallest absolute Gasteiger partial charge is 0.147 e. The molecule has 0 aliphatic heterocycles. The first-order valence-electron chi connectivity index (χ1n) is 12.7. The predicted molar refractivity (Wildman–Crippen MR) is 158 cm³/mol. The maximum absolute atomic E-state index is 14.6. The maximum atomic E-state index is 14.6. The van der Waals surface area contributed by atoms with Gasteiger partial charge in [-0.2, -0.15) is 5.10 Å². The summed E-state index contributed by atoms with van der Waals surface area (Å²) in [6, 6.07) is 18.4. The second-order valence-electron chi connectivity index (χ2n) is 10.2. The molecule has 202 valence electrons. The van der Waals surface area contributed by atoms with Crippen LogP contribution in [0.2, 0.25) is 0 Å². The quantitative estimate of drug-likeness (QED) is 0.265. The average molecular weight is 555 g/mol. The Balaban J connectivity index is 1.42. The Bertz CT molecular complexity index is 1990. The highest BCUT2D eigenvalue weighted by molar-refractivity contribution is 7.90. The van der Waals surface area contributed by atoms with Crippen LogP contribution in [0.15, 0.2) is 73.1 Å². The Hall–Kier alpha value is -4.57. The third kappa shape index (κ3) is 5.05. The number of pyridine rings is 2. The number of hydrogen-bond acceptors (Lipinski definition) is 6. The standard InChI is InChI=1S/C30H27FN6O2S/c1-37(2)22-14-20(16-32-17-22)25-7-8-27-29(34-25)30(36-35-27)28-15-24-23(5-4-6-26(24)33-28)19-11-18(12-21(31)13-19)9-10-40(3,38)39/h4-8,11-17,33H,9-10H2,1-3H3,(H,35,36). The van der Waals surface area contributed by atoms with Crippen molar-refractivity contribution < 1.29 is 12.8 Å². The van der Waals surface area contributed by atoms with E-state index in [9.17, 15) is 12.8 Å². The molecule has 8 nitrogen and oxygen atoms in total. The summed E-state index contributed by atoms with van der Waals surface area (Å²) in [4.78, 5) is 14.7. The maximum Gasteiger partial charge on any atom is 0.147 e. The van der Waals surface area contributed by atoms with E-state index in [0.717, 1.165) is 50.1 Å². The van der Waals surface area contributed by atoms with Crippen molar-refractivity contribution >= 4 is 37.5 Å². The fourth-order valence-electron chi connectivity index (χ4n) is 4.85. The number of fused-ring (bicyclic) bond motifs is 2. The van der Waals surface area contributed by atoms with E-state index in [1.54, 1.807) is 12.4 Å². The van der Waals surface area contributed by atoms with E-state index in [4.69, 9.17) is 4.98 Å². The summed E-state index contributed by atoms with van der Waals surface area (Å²) in [6.45, 7) is 0. The highest BCUT2D eigenvalue weighted by atomic mass is 32.2. The van der Waals surface area contributed by atoms with Crippen LogP contribution in [0.4, 0.5) is 10.1 Å². The molecule has 0 radical (unpaired) electrons. The van der Waals surface area contributed by atoms with Crippen molar-refractivity contribution in [2.75, 3.05) is 31.0 Å². The first-order chi connectivity index (χ1) is 19.1. The van der Waals surface area contributed by atoms with Crippen molar-refractivity contribution in [2.45, 2.75) is 6.42 Å². The monoisotopic (exact) mass is 554 g/mol. The number of rotatable bonds is 7. The molecule has 6 aromatic rings. The minimum atomic E-state index is -3.16. The lowest BCUT2D eigenvalue weighted by Crippen LogP contribution is -2.08. The van der Waals surface area contributed by atoms with E-state index in [1.807, 2.05) is 67.5 Å². The first kappa shape index (κ1) is 25.7. The third-order valence-electron chi connectivity index (χ3n) is 6.89. The van der Waals surface area contributed by atoms with Gasteiger partial charge >= 0.3 is 0 Å². The number of hydrogen-bond donors (Lipinski definition) is 2. The van der Waals surface area contributed by atoms with Gasteiger partial charge in [0.2, 0.25) is 0 Å². The van der Waals surface area contributed by atoms with Crippen LogP contribution >= 0.6 is 0 Å². The summed E-state index contributed by atoms with van der Waals surface area (Å²) in [5, 5.41) is 8.53. The molecule has 10 heteroatoms. The van der Waals surface area contributed by atoms with Gasteiger partial charge in [0.05, 0.1) is 34.5 Å². The first-order valence-corrected chi connectivity index (χ1v) is 14.8. The molecule has 0 fully saturated rings. The lowest BCUT2D eigenvalue weighted by molar-refractivity contribution is 0.600. The minimum Gasteiger partial charge on any atom is -0.376 e. The van der Waals surface area contributed by atoms with Crippen LogP contribution in [-0.4, -0.2) is 59.7 Å². The molecule has 0 saturated heterocycles. The Morgan fingerprint density at radius 2 is 1.80 bits per heavy atom. The molecule has 4 heterocycles. The van der Waals surface area contributed by atoms with Crippen molar-refractivity contribution in [3.05, 3.63) is 84.4 Å². The molecule has 0 saturated carbocycles. The van der Waals surface area contributed by atoms with Gasteiger partial charge in [0.25, 0.3) is 0 Å². The number of aromatic nitrogens is 5. The van der Waals surface area contributed by atoms with Gasteiger partial charge in [0, 0.05) is 43.0 Å². The van der Waals surface area contributed by atoms with Gasteiger partial charge in [-0.1, -0.05) is 18.2 Å². The van der Waals surface area contributed by atoms with Gasteiger partial charge in [-0.25, -0.2) is 17.8 Å². The number of sulfone groups is 1. The van der Waals surface area contributed by atoms with E-state index in [0.29, 0.717) is 16.8 Å². The van der Waals surface area contributed by atoms with Crippen LogP contribution in [0.5, 0.6) is 0 Å². The van der Waals surface area contributed by atoms with E-state index < -0.39 is 15.7 Å². The van der Waals surface area contributed by atoms with Crippen molar-refractivity contribution in [3.8, 4) is 33.8 Å². The summed E-state index contributed by atoms with van der Waals surface area (Å²) in [7, 11) is 0.774. The average Bonchev–Trinajstić information content (AvgIpc) is 3.55. The van der Waals surface area contributed by atoms with Crippen LogP contribution in [0.1, 0.15) is 5.56 Å². The molecule has 0 bridgehead atoms. The van der Waals surface area contributed by atoms with Crippen molar-refractivity contribution in [1.29, 1.82) is 0 Å². The molecule has 0 amide bonds. The van der Waals surface area contributed by atoms with E-state index >= 15 is 0 Å². The molecule has 0 spiro atoms. The molecule has 0 aliphatic carbocycles. The molecule has 0 aliphatic rings. The lowest BCUT2D eigenvalue weighted by Gasteiger charge is -2.12. The van der Waals surface area contributed by atoms with Gasteiger partial charge in [0.1, 0.15) is 26.9 Å². The number of anilines is 1. The highest BCUT2D eigenvalue weighted by Crippen LogP contribution is 2.35. The Morgan fingerprint density at radius 3 is 2.60 bits per heavy atom. The molecular weight excluding hydrogens is 527 g/mol. The third-order valence-corrected chi connectivity index (χ3v) is 7.84. The topological polar surface area (TPSA) is 108 Å². The number of benzene rings is 2. The molecule has 2 N–H and O–H groups in total. The number of aryl methyl sites for hydroxylation is 1. The largest absolute Gasteiger partial charge is 0.376 e. The Kier molecular flexibility index (Phi) is 6.34. The molecule has 40 heavy (non-hydrogen) atoms. The zero-order chi connectivity index (χ0) is 28.0. The zero-order valence-corrected chi connectivity index (χ0v) is 23.1. The van der Waals surface area contributed by atoms with Crippen molar-refractivity contribution in [2.24, 2.45) is 0 Å². The Morgan fingerprint density at radius 1 is 0.950 bits per heavy atom. The SMILES string of the molecule is CN(C)c1cncc(-c2ccc3[nH]nc(-c4cc5c(-c6cc(F)cc(CCS(C)(=O)=O)c6)cccc5[nH]4)c3n2)c1. The summed E-state index contributed by atoms with van der Waals surface area (Å²) in [5.41, 5.74) is 8.63. The van der Waals surface area contributed by atoms with E-state index in [-0.39, 0.29) is 12.2 Å². The fourth-order valence-corrected chi connectivity index (χ4v) is 5.45. The van der Waals surface area contributed by atoms with Crippen LogP contribution in [-0.2, 0) is 16.3 Å². The number of nitrogens with zero attached hydrogens (tertiary/aromatic N) is 4. The molecule has 6 rings (SSSR count). The second-order valence-corrected chi connectivity index (χ2v) is 12.4. The van der Waals surface area contributed by atoms with Gasteiger partial charge < -0.3 is 9.88 Å². The van der Waals surface area contributed by atoms with E-state index in [2.05, 4.69) is 20.2 Å². The predicted octanol–water partition coefficient (Wildman–Crippen LogP) is 5.63. The second kappa shape index (κ2) is 9.87. The zero-order valence-electron chi connectivity index (χ0n) is 22.2. The van der Waals surface area contributed by atoms with Crippen LogP contribution in [0.3, 0.4) is 0 Å². The summed E-state index contributed by atoms with van der Waals surface area (Å²) in [6.07, 6.45) is 5.03. The molecule has 0 atom stereocenters. The summed E-state index contributed by atoms with van der Waals surface area (Å²) >= 11 is 0. The molecule has 2 aromatic carbocycles. The van der Waals surface area contributed by atoms with E-state index in [1.165, 1.54) is 18.4 Å². The van der Waals surface area contributed by atoms with Gasteiger partial charge in [0.15, 0.2) is 0 Å². The van der Waals surface area contributed by atoms with Crippen molar-refractivity contribution in [3.63, 3.8) is 0 Å². The number of nitrogens with one attached hydrogen (secondary N) is 2. The highest BCUT2D eigenvalue weighted by Gasteiger charge is 2.16. The molecular formula is C30H27FN6O2S. The number of halogens is 1. The lowest BCUT2D eigenvalue weighted by atomic mass is 9.98. The molecule has 0 unspecified atom stereocenters. The van der Waals surface area contributed by atoms with Gasteiger partial charge in [-0.15, -0.1) is 0 Å². The van der Waals surface area contributed by atoms with Crippen LogP contribution in [0.25, 0.3) is 55.7 Å². The van der Waals surface area contributed by atoms with Gasteiger partial charge in [-0.3, -0.25) is 10.1 Å². The number of aromatic amines is 2.